The summed E-state index contributed by atoms with van der Waals surface area (Å²) in [6.45, 7) is 7.33. The highest BCUT2D eigenvalue weighted by molar-refractivity contribution is 5.95. The molecule has 1 amide bonds. The maximum Gasteiger partial charge on any atom is 0.266 e. The van der Waals surface area contributed by atoms with Crippen LogP contribution >= 0.6 is 0 Å². The average Bonchev–Trinajstić information content (AvgIpc) is 2.83. The Morgan fingerprint density at radius 1 is 0.909 bits per heavy atom. The second kappa shape index (κ2) is 11.7. The van der Waals surface area contributed by atoms with Gasteiger partial charge in [0.2, 0.25) is 5.75 Å². The van der Waals surface area contributed by atoms with Crippen LogP contribution in [0.2, 0.25) is 0 Å². The normalized spacial score (nSPS) is 10.5. The van der Waals surface area contributed by atoms with Gasteiger partial charge in [-0.2, -0.15) is 5.10 Å². The smallest absolute Gasteiger partial charge is 0.266 e. The molecule has 1 aromatic heterocycles. The third kappa shape index (κ3) is 6.12. The molecule has 0 atom stereocenters. The Labute approximate surface area is 193 Å². The van der Waals surface area contributed by atoms with Crippen LogP contribution < -0.4 is 25.1 Å². The van der Waals surface area contributed by atoms with E-state index in [1.165, 1.54) is 10.7 Å². The van der Waals surface area contributed by atoms with E-state index in [0.29, 0.717) is 48.3 Å². The fraction of sp³-hybridized carbons (Fsp3) is 0.320. The van der Waals surface area contributed by atoms with E-state index in [1.54, 1.807) is 18.2 Å². The van der Waals surface area contributed by atoms with Crippen LogP contribution in [0.4, 0.5) is 0 Å². The van der Waals surface area contributed by atoms with E-state index in [0.717, 1.165) is 5.56 Å². The van der Waals surface area contributed by atoms with Crippen molar-refractivity contribution in [3.05, 3.63) is 70.5 Å². The number of hydrogen-bond donors (Lipinski definition) is 1. The van der Waals surface area contributed by atoms with Gasteiger partial charge in [-0.05, 0) is 39.0 Å². The van der Waals surface area contributed by atoms with E-state index in [1.807, 2.05) is 51.1 Å². The minimum absolute atomic E-state index is 0.227. The minimum Gasteiger partial charge on any atom is -0.490 e. The Bertz CT molecular complexity index is 1100. The molecule has 33 heavy (non-hydrogen) atoms. The summed E-state index contributed by atoms with van der Waals surface area (Å²) in [5.41, 5.74) is 1.75. The van der Waals surface area contributed by atoms with Crippen molar-refractivity contribution in [3.8, 4) is 28.5 Å². The zero-order chi connectivity index (χ0) is 23.6. The average molecular weight is 452 g/mol. The molecule has 3 aromatic rings. The molecule has 0 fully saturated rings. The van der Waals surface area contributed by atoms with E-state index < -0.39 is 0 Å². The van der Waals surface area contributed by atoms with Crippen molar-refractivity contribution in [1.29, 1.82) is 0 Å². The highest BCUT2D eigenvalue weighted by Gasteiger charge is 2.18. The molecule has 8 nitrogen and oxygen atoms in total. The first-order valence-electron chi connectivity index (χ1n) is 11.1. The molecule has 1 N–H and O–H groups in total. The van der Waals surface area contributed by atoms with Gasteiger partial charge in [-0.15, -0.1) is 0 Å². The Morgan fingerprint density at radius 3 is 2.15 bits per heavy atom. The molecule has 3 rings (SSSR count). The van der Waals surface area contributed by atoms with Crippen LogP contribution in [0.3, 0.4) is 0 Å². The predicted octanol–water partition coefficient (Wildman–Crippen LogP) is 3.54. The van der Waals surface area contributed by atoms with E-state index >= 15 is 0 Å². The third-order valence-corrected chi connectivity index (χ3v) is 4.72. The highest BCUT2D eigenvalue weighted by atomic mass is 16.5. The molecule has 0 radical (unpaired) electrons. The lowest BCUT2D eigenvalue weighted by Gasteiger charge is -2.17. The molecule has 1 heterocycles. The maximum absolute atomic E-state index is 12.8. The number of nitrogens with one attached hydrogen (secondary N) is 1. The van der Waals surface area contributed by atoms with Crippen molar-refractivity contribution in [2.24, 2.45) is 0 Å². The van der Waals surface area contributed by atoms with E-state index in [9.17, 15) is 9.59 Å². The molecular weight excluding hydrogens is 422 g/mol. The van der Waals surface area contributed by atoms with E-state index in [-0.39, 0.29) is 24.6 Å². The van der Waals surface area contributed by atoms with E-state index in [2.05, 4.69) is 10.4 Å². The van der Waals surface area contributed by atoms with Crippen molar-refractivity contribution in [1.82, 2.24) is 15.1 Å². The summed E-state index contributed by atoms with van der Waals surface area (Å²) in [5, 5.41) is 7.25. The number of nitrogens with zero attached hydrogens (tertiary/aromatic N) is 2. The molecule has 0 aliphatic heterocycles. The third-order valence-electron chi connectivity index (χ3n) is 4.72. The van der Waals surface area contributed by atoms with Gasteiger partial charge < -0.3 is 19.5 Å². The lowest BCUT2D eigenvalue weighted by molar-refractivity contribution is 0.0950. The number of rotatable bonds is 11. The summed E-state index contributed by atoms with van der Waals surface area (Å²) in [5.74, 6) is 1.06. The van der Waals surface area contributed by atoms with Crippen LogP contribution in [-0.4, -0.2) is 42.1 Å². The molecule has 0 aliphatic carbocycles. The van der Waals surface area contributed by atoms with Crippen LogP contribution in [0.5, 0.6) is 17.2 Å². The van der Waals surface area contributed by atoms with Crippen LogP contribution in [0.15, 0.2) is 59.4 Å². The molecule has 0 bridgehead atoms. The van der Waals surface area contributed by atoms with Gasteiger partial charge in [0.05, 0.1) is 32.1 Å². The first kappa shape index (κ1) is 23.8. The van der Waals surface area contributed by atoms with Gasteiger partial charge in [0.1, 0.15) is 0 Å². The number of ether oxygens (including phenoxy) is 3. The Hall–Kier alpha value is -3.81. The zero-order valence-electron chi connectivity index (χ0n) is 19.2. The lowest BCUT2D eigenvalue weighted by atomic mass is 10.1. The summed E-state index contributed by atoms with van der Waals surface area (Å²) in [6, 6.07) is 16.0. The van der Waals surface area contributed by atoms with Gasteiger partial charge in [0, 0.05) is 23.7 Å². The fourth-order valence-electron chi connectivity index (χ4n) is 3.27. The van der Waals surface area contributed by atoms with Gasteiger partial charge in [-0.3, -0.25) is 9.59 Å². The quantitative estimate of drug-likeness (QED) is 0.480. The fourth-order valence-corrected chi connectivity index (χ4v) is 3.27. The first-order chi connectivity index (χ1) is 16.1. The molecule has 0 saturated carbocycles. The maximum atomic E-state index is 12.8. The number of benzene rings is 2. The predicted molar refractivity (Wildman–Crippen MR) is 126 cm³/mol. The van der Waals surface area contributed by atoms with Crippen LogP contribution in [0.25, 0.3) is 11.3 Å². The van der Waals surface area contributed by atoms with Gasteiger partial charge >= 0.3 is 0 Å². The number of amides is 1. The summed E-state index contributed by atoms with van der Waals surface area (Å²) < 4.78 is 18.4. The summed E-state index contributed by atoms with van der Waals surface area (Å²) in [7, 11) is 0. The molecule has 0 spiro atoms. The Balaban J connectivity index is 1.74. The lowest BCUT2D eigenvalue weighted by Crippen LogP contribution is -2.32. The summed E-state index contributed by atoms with van der Waals surface area (Å²) in [4.78, 5) is 25.0. The van der Waals surface area contributed by atoms with Crippen molar-refractivity contribution in [3.63, 3.8) is 0 Å². The number of carbonyl (C=O) groups excluding carboxylic acids is 1. The highest BCUT2D eigenvalue weighted by Crippen LogP contribution is 2.39. The second-order valence-corrected chi connectivity index (χ2v) is 7.00. The molecule has 174 valence electrons. The molecule has 0 unspecified atom stereocenters. The van der Waals surface area contributed by atoms with Crippen LogP contribution in [-0.2, 0) is 6.54 Å². The summed E-state index contributed by atoms with van der Waals surface area (Å²) in [6.07, 6.45) is 0. The first-order valence-corrected chi connectivity index (χ1v) is 11.1. The molecule has 8 heteroatoms. The summed E-state index contributed by atoms with van der Waals surface area (Å²) >= 11 is 0. The molecule has 0 saturated heterocycles. The Morgan fingerprint density at radius 2 is 1.55 bits per heavy atom. The standard InChI is InChI=1S/C25H29N3O5/c1-4-31-21-16-19(17-22(32-5-2)24(21)33-6-3)25(30)26-14-15-28-23(29)13-12-20(27-28)18-10-8-7-9-11-18/h7-13,16-17H,4-6,14-15H2,1-3H3,(H,26,30). The zero-order valence-corrected chi connectivity index (χ0v) is 19.2. The van der Waals surface area contributed by atoms with Crippen molar-refractivity contribution < 1.29 is 19.0 Å². The van der Waals surface area contributed by atoms with Gasteiger partial charge in [0.25, 0.3) is 11.5 Å². The molecule has 2 aromatic carbocycles. The number of carbonyl (C=O) groups is 1. The van der Waals surface area contributed by atoms with Gasteiger partial charge in [-0.1, -0.05) is 30.3 Å². The second-order valence-electron chi connectivity index (χ2n) is 7.00. The number of hydrogen-bond acceptors (Lipinski definition) is 6. The van der Waals surface area contributed by atoms with E-state index in [4.69, 9.17) is 14.2 Å². The molecule has 0 aliphatic rings. The van der Waals surface area contributed by atoms with Crippen LogP contribution in [0.1, 0.15) is 31.1 Å². The Kier molecular flexibility index (Phi) is 8.46. The minimum atomic E-state index is -0.313. The topological polar surface area (TPSA) is 91.7 Å². The number of aromatic nitrogens is 2. The van der Waals surface area contributed by atoms with Gasteiger partial charge in [0.15, 0.2) is 11.5 Å². The SMILES string of the molecule is CCOc1cc(C(=O)NCCn2nc(-c3ccccc3)ccc2=O)cc(OCC)c1OCC. The largest absolute Gasteiger partial charge is 0.490 e. The molecular formula is C25H29N3O5. The van der Waals surface area contributed by atoms with Crippen molar-refractivity contribution in [2.45, 2.75) is 27.3 Å². The van der Waals surface area contributed by atoms with Crippen molar-refractivity contribution in [2.75, 3.05) is 26.4 Å². The monoisotopic (exact) mass is 451 g/mol. The van der Waals surface area contributed by atoms with Gasteiger partial charge in [-0.25, -0.2) is 4.68 Å². The van der Waals surface area contributed by atoms with Crippen LogP contribution in [0, 0.1) is 0 Å². The van der Waals surface area contributed by atoms with Crippen molar-refractivity contribution >= 4 is 5.91 Å².